The number of nitrogens with two attached hydrogens (primary N) is 1. The molecule has 1 aliphatic rings. The van der Waals surface area contributed by atoms with Crippen molar-refractivity contribution in [3.63, 3.8) is 0 Å². The van der Waals surface area contributed by atoms with Crippen molar-refractivity contribution in [2.24, 2.45) is 11.1 Å². The molecule has 84 valence electrons. The molecule has 0 radical (unpaired) electrons. The number of ether oxygens (including phenoxy) is 1. The Labute approximate surface area is 86.6 Å². The van der Waals surface area contributed by atoms with Crippen molar-refractivity contribution in [3.05, 3.63) is 0 Å². The first-order valence-corrected chi connectivity index (χ1v) is 5.69. The van der Waals surface area contributed by atoms with Gasteiger partial charge in [-0.15, -0.1) is 0 Å². The van der Waals surface area contributed by atoms with Crippen LogP contribution in [0.3, 0.4) is 0 Å². The first-order chi connectivity index (χ1) is 6.76. The molecule has 1 rings (SSSR count). The molecule has 0 aliphatic carbocycles. The van der Waals surface area contributed by atoms with Crippen LogP contribution in [0.15, 0.2) is 0 Å². The fourth-order valence-corrected chi connectivity index (χ4v) is 2.31. The van der Waals surface area contributed by atoms with Crippen molar-refractivity contribution in [3.8, 4) is 0 Å². The predicted octanol–water partition coefficient (Wildman–Crippen LogP) is 1.29. The molecule has 2 unspecified atom stereocenters. The average Bonchev–Trinajstić information content (AvgIpc) is 2.69. The monoisotopic (exact) mass is 201 g/mol. The molecule has 1 fully saturated rings. The molecule has 14 heavy (non-hydrogen) atoms. The number of hydrogen-bond donors (Lipinski definition) is 2. The van der Waals surface area contributed by atoms with E-state index in [1.807, 2.05) is 0 Å². The lowest BCUT2D eigenvalue weighted by atomic mass is 9.78. The fourth-order valence-electron chi connectivity index (χ4n) is 2.31. The topological polar surface area (TPSA) is 55.5 Å². The molecule has 3 heteroatoms. The van der Waals surface area contributed by atoms with Gasteiger partial charge in [0.05, 0.1) is 6.10 Å². The van der Waals surface area contributed by atoms with Gasteiger partial charge in [0.2, 0.25) is 0 Å². The molecule has 3 nitrogen and oxygen atoms in total. The van der Waals surface area contributed by atoms with Gasteiger partial charge in [0.1, 0.15) is 0 Å². The largest absolute Gasteiger partial charge is 0.396 e. The molecule has 1 heterocycles. The van der Waals surface area contributed by atoms with Crippen LogP contribution in [0.4, 0.5) is 0 Å². The lowest BCUT2D eigenvalue weighted by Crippen LogP contribution is -2.37. The van der Waals surface area contributed by atoms with Crippen molar-refractivity contribution in [1.29, 1.82) is 0 Å². The number of rotatable bonds is 6. The van der Waals surface area contributed by atoms with Gasteiger partial charge in [0.15, 0.2) is 0 Å². The summed E-state index contributed by atoms with van der Waals surface area (Å²) < 4.78 is 5.59. The van der Waals surface area contributed by atoms with Crippen LogP contribution in [0.25, 0.3) is 0 Å². The molecule has 0 aromatic carbocycles. The SMILES string of the molecule is CCCC(CN)(CO)CC1CCCO1. The van der Waals surface area contributed by atoms with Gasteiger partial charge in [-0.05, 0) is 25.7 Å². The van der Waals surface area contributed by atoms with Gasteiger partial charge in [-0.25, -0.2) is 0 Å². The molecule has 0 aromatic rings. The van der Waals surface area contributed by atoms with Crippen LogP contribution >= 0.6 is 0 Å². The fraction of sp³-hybridized carbons (Fsp3) is 1.00. The second-order valence-electron chi connectivity index (χ2n) is 4.45. The normalized spacial score (nSPS) is 26.4. The standard InChI is InChI=1S/C11H23NO2/c1-2-5-11(8-12,9-13)7-10-4-3-6-14-10/h10,13H,2-9,12H2,1H3. The van der Waals surface area contributed by atoms with Crippen molar-refractivity contribution >= 4 is 0 Å². The number of hydrogen-bond acceptors (Lipinski definition) is 3. The highest BCUT2D eigenvalue weighted by atomic mass is 16.5. The highest BCUT2D eigenvalue weighted by Gasteiger charge is 2.32. The van der Waals surface area contributed by atoms with Crippen molar-refractivity contribution in [2.45, 2.75) is 45.1 Å². The smallest absolute Gasteiger partial charge is 0.0582 e. The van der Waals surface area contributed by atoms with E-state index in [0.29, 0.717) is 12.6 Å². The summed E-state index contributed by atoms with van der Waals surface area (Å²) >= 11 is 0. The van der Waals surface area contributed by atoms with Crippen LogP contribution in [-0.2, 0) is 4.74 Å². The van der Waals surface area contributed by atoms with E-state index in [0.717, 1.165) is 38.7 Å². The Hall–Kier alpha value is -0.120. The Kier molecular flexibility index (Phi) is 4.85. The maximum absolute atomic E-state index is 9.43. The summed E-state index contributed by atoms with van der Waals surface area (Å²) in [4.78, 5) is 0. The van der Waals surface area contributed by atoms with E-state index in [1.54, 1.807) is 0 Å². The summed E-state index contributed by atoms with van der Waals surface area (Å²) in [6.45, 7) is 3.77. The van der Waals surface area contributed by atoms with Crippen LogP contribution in [0, 0.1) is 5.41 Å². The Morgan fingerprint density at radius 1 is 1.57 bits per heavy atom. The summed E-state index contributed by atoms with van der Waals surface area (Å²) in [5, 5.41) is 9.43. The summed E-state index contributed by atoms with van der Waals surface area (Å²) in [5.74, 6) is 0. The van der Waals surface area contributed by atoms with Crippen LogP contribution in [-0.4, -0.2) is 31.0 Å². The van der Waals surface area contributed by atoms with Crippen LogP contribution in [0.1, 0.15) is 39.0 Å². The van der Waals surface area contributed by atoms with E-state index >= 15 is 0 Å². The summed E-state index contributed by atoms with van der Waals surface area (Å²) in [7, 11) is 0. The average molecular weight is 201 g/mol. The zero-order valence-corrected chi connectivity index (χ0v) is 9.17. The minimum absolute atomic E-state index is 0.0935. The van der Waals surface area contributed by atoms with Gasteiger partial charge in [0.25, 0.3) is 0 Å². The minimum atomic E-state index is -0.0935. The molecule has 0 amide bonds. The van der Waals surface area contributed by atoms with Crippen LogP contribution in [0.5, 0.6) is 0 Å². The lowest BCUT2D eigenvalue weighted by Gasteiger charge is -2.32. The summed E-state index contributed by atoms with van der Waals surface area (Å²) in [6.07, 6.45) is 5.62. The molecule has 3 N–H and O–H groups in total. The van der Waals surface area contributed by atoms with Gasteiger partial charge in [-0.2, -0.15) is 0 Å². The van der Waals surface area contributed by atoms with E-state index in [1.165, 1.54) is 0 Å². The third-order valence-electron chi connectivity index (χ3n) is 3.23. The van der Waals surface area contributed by atoms with E-state index in [-0.39, 0.29) is 12.0 Å². The van der Waals surface area contributed by atoms with E-state index < -0.39 is 0 Å². The van der Waals surface area contributed by atoms with Crippen molar-refractivity contribution in [2.75, 3.05) is 19.8 Å². The van der Waals surface area contributed by atoms with Crippen LogP contribution < -0.4 is 5.73 Å². The highest BCUT2D eigenvalue weighted by molar-refractivity contribution is 4.84. The molecule has 2 atom stereocenters. The highest BCUT2D eigenvalue weighted by Crippen LogP contribution is 2.32. The van der Waals surface area contributed by atoms with Gasteiger partial charge >= 0.3 is 0 Å². The van der Waals surface area contributed by atoms with E-state index in [2.05, 4.69) is 6.92 Å². The first kappa shape index (κ1) is 12.0. The Bertz CT molecular complexity index is 151. The third-order valence-corrected chi connectivity index (χ3v) is 3.23. The Balaban J connectivity index is 2.47. The molecular weight excluding hydrogens is 178 g/mol. The molecule has 0 spiro atoms. The quantitative estimate of drug-likeness (QED) is 0.681. The van der Waals surface area contributed by atoms with Crippen molar-refractivity contribution in [1.82, 2.24) is 0 Å². The van der Waals surface area contributed by atoms with Gasteiger partial charge in [-0.3, -0.25) is 0 Å². The maximum Gasteiger partial charge on any atom is 0.0582 e. The van der Waals surface area contributed by atoms with Gasteiger partial charge < -0.3 is 15.6 Å². The summed E-state index contributed by atoms with van der Waals surface area (Å²) in [6, 6.07) is 0. The molecule has 0 saturated carbocycles. The maximum atomic E-state index is 9.43. The second-order valence-corrected chi connectivity index (χ2v) is 4.45. The van der Waals surface area contributed by atoms with E-state index in [9.17, 15) is 5.11 Å². The Morgan fingerprint density at radius 3 is 2.79 bits per heavy atom. The van der Waals surface area contributed by atoms with Crippen molar-refractivity contribution < 1.29 is 9.84 Å². The van der Waals surface area contributed by atoms with E-state index in [4.69, 9.17) is 10.5 Å². The van der Waals surface area contributed by atoms with Gasteiger partial charge in [-0.1, -0.05) is 13.3 Å². The minimum Gasteiger partial charge on any atom is -0.396 e. The Morgan fingerprint density at radius 2 is 2.36 bits per heavy atom. The third kappa shape index (κ3) is 2.94. The molecule has 0 aromatic heterocycles. The van der Waals surface area contributed by atoms with Crippen LogP contribution in [0.2, 0.25) is 0 Å². The number of aliphatic hydroxyl groups excluding tert-OH is 1. The molecular formula is C11H23NO2. The second kappa shape index (κ2) is 5.69. The zero-order valence-electron chi connectivity index (χ0n) is 9.17. The number of aliphatic hydroxyl groups is 1. The lowest BCUT2D eigenvalue weighted by molar-refractivity contribution is 0.0295. The molecule has 0 bridgehead atoms. The predicted molar refractivity (Wildman–Crippen MR) is 57.1 cm³/mol. The zero-order chi connectivity index (χ0) is 10.4. The molecule has 1 saturated heterocycles. The molecule has 1 aliphatic heterocycles. The summed E-state index contributed by atoms with van der Waals surface area (Å²) in [5.41, 5.74) is 5.67. The van der Waals surface area contributed by atoms with Gasteiger partial charge in [0, 0.05) is 25.2 Å². The first-order valence-electron chi connectivity index (χ1n) is 5.69.